The summed E-state index contributed by atoms with van der Waals surface area (Å²) in [6, 6.07) is 5.75. The molecule has 0 saturated carbocycles. The monoisotopic (exact) mass is 401 g/mol. The average molecular weight is 403 g/mol. The topological polar surface area (TPSA) is 20.3 Å². The standard InChI is InChI=1S/C16H21Br2NO/c1-11(2)12-4-3-6-19(7-5-12)16(20)13-8-14(17)10-15(18)9-13/h8-12H,3-7H2,1-2H3. The minimum atomic E-state index is 0.149. The van der Waals surface area contributed by atoms with E-state index in [1.54, 1.807) is 0 Å². The summed E-state index contributed by atoms with van der Waals surface area (Å²) in [7, 11) is 0. The maximum absolute atomic E-state index is 12.6. The lowest BCUT2D eigenvalue weighted by Crippen LogP contribution is -2.32. The lowest BCUT2D eigenvalue weighted by atomic mass is 9.89. The van der Waals surface area contributed by atoms with Gasteiger partial charge < -0.3 is 4.90 Å². The third-order valence-corrected chi connectivity index (χ3v) is 5.03. The largest absolute Gasteiger partial charge is 0.339 e. The van der Waals surface area contributed by atoms with E-state index in [1.165, 1.54) is 6.42 Å². The Morgan fingerprint density at radius 2 is 1.80 bits per heavy atom. The minimum Gasteiger partial charge on any atom is -0.339 e. The van der Waals surface area contributed by atoms with Crippen molar-refractivity contribution < 1.29 is 4.79 Å². The normalized spacial score (nSPS) is 20.1. The predicted octanol–water partition coefficient (Wildman–Crippen LogP) is 5.11. The zero-order valence-corrected chi connectivity index (χ0v) is 15.2. The Balaban J connectivity index is 2.09. The van der Waals surface area contributed by atoms with Gasteiger partial charge in [-0.2, -0.15) is 0 Å². The van der Waals surface area contributed by atoms with Crippen molar-refractivity contribution in [3.8, 4) is 0 Å². The highest BCUT2D eigenvalue weighted by Gasteiger charge is 2.23. The van der Waals surface area contributed by atoms with Gasteiger partial charge in [0.05, 0.1) is 0 Å². The van der Waals surface area contributed by atoms with Crippen LogP contribution in [0.25, 0.3) is 0 Å². The first-order chi connectivity index (χ1) is 9.47. The summed E-state index contributed by atoms with van der Waals surface area (Å²) in [5.41, 5.74) is 0.759. The second kappa shape index (κ2) is 7.08. The molecule has 1 saturated heterocycles. The van der Waals surface area contributed by atoms with Crippen molar-refractivity contribution in [2.24, 2.45) is 11.8 Å². The van der Waals surface area contributed by atoms with Crippen LogP contribution >= 0.6 is 31.9 Å². The van der Waals surface area contributed by atoms with E-state index in [-0.39, 0.29) is 5.91 Å². The number of rotatable bonds is 2. The van der Waals surface area contributed by atoms with Gasteiger partial charge in [0.25, 0.3) is 5.91 Å². The molecule has 2 nitrogen and oxygen atoms in total. The number of hydrogen-bond acceptors (Lipinski definition) is 1. The highest BCUT2D eigenvalue weighted by atomic mass is 79.9. The number of amides is 1. The molecule has 110 valence electrons. The maximum atomic E-state index is 12.6. The number of benzene rings is 1. The smallest absolute Gasteiger partial charge is 0.253 e. The van der Waals surface area contributed by atoms with Crippen molar-refractivity contribution >= 4 is 37.8 Å². The third-order valence-electron chi connectivity index (χ3n) is 4.11. The van der Waals surface area contributed by atoms with Crippen LogP contribution in [-0.2, 0) is 0 Å². The molecule has 0 aliphatic carbocycles. The second-order valence-electron chi connectivity index (χ2n) is 5.89. The van der Waals surface area contributed by atoms with Gasteiger partial charge in [0.2, 0.25) is 0 Å². The van der Waals surface area contributed by atoms with Gasteiger partial charge in [-0.1, -0.05) is 45.7 Å². The highest BCUT2D eigenvalue weighted by Crippen LogP contribution is 2.26. The van der Waals surface area contributed by atoms with Crippen molar-refractivity contribution in [3.63, 3.8) is 0 Å². The molecule has 1 heterocycles. The average Bonchev–Trinajstić information content (AvgIpc) is 2.62. The Morgan fingerprint density at radius 1 is 1.15 bits per heavy atom. The Bertz CT molecular complexity index is 467. The predicted molar refractivity (Wildman–Crippen MR) is 89.9 cm³/mol. The van der Waals surface area contributed by atoms with E-state index in [0.29, 0.717) is 5.92 Å². The maximum Gasteiger partial charge on any atom is 0.253 e. The Kier molecular flexibility index (Phi) is 5.67. The van der Waals surface area contributed by atoms with Gasteiger partial charge in [-0.3, -0.25) is 4.79 Å². The molecule has 0 bridgehead atoms. The molecule has 0 aromatic heterocycles. The fourth-order valence-corrected chi connectivity index (χ4v) is 4.15. The van der Waals surface area contributed by atoms with Crippen LogP contribution in [0.1, 0.15) is 43.5 Å². The van der Waals surface area contributed by atoms with E-state index in [4.69, 9.17) is 0 Å². The van der Waals surface area contributed by atoms with Crippen molar-refractivity contribution in [2.75, 3.05) is 13.1 Å². The van der Waals surface area contributed by atoms with Crippen LogP contribution in [0.5, 0.6) is 0 Å². The van der Waals surface area contributed by atoms with E-state index < -0.39 is 0 Å². The zero-order valence-electron chi connectivity index (χ0n) is 12.0. The van der Waals surface area contributed by atoms with Crippen LogP contribution in [0, 0.1) is 11.8 Å². The second-order valence-corrected chi connectivity index (χ2v) is 7.72. The molecule has 1 fully saturated rings. The molecule has 0 spiro atoms. The molecular weight excluding hydrogens is 382 g/mol. The Hall–Kier alpha value is -0.350. The summed E-state index contributed by atoms with van der Waals surface area (Å²) in [5, 5.41) is 0. The summed E-state index contributed by atoms with van der Waals surface area (Å²) in [6.45, 7) is 6.33. The molecule has 1 aromatic rings. The third kappa shape index (κ3) is 4.08. The van der Waals surface area contributed by atoms with E-state index in [1.807, 2.05) is 23.1 Å². The molecule has 20 heavy (non-hydrogen) atoms. The number of nitrogens with zero attached hydrogens (tertiary/aromatic N) is 1. The van der Waals surface area contributed by atoms with Gasteiger partial charge in [0, 0.05) is 27.6 Å². The summed E-state index contributed by atoms with van der Waals surface area (Å²) >= 11 is 6.90. The summed E-state index contributed by atoms with van der Waals surface area (Å²) < 4.78 is 1.87. The van der Waals surface area contributed by atoms with Crippen molar-refractivity contribution in [1.29, 1.82) is 0 Å². The molecule has 4 heteroatoms. The van der Waals surface area contributed by atoms with Crippen LogP contribution in [0.4, 0.5) is 0 Å². The number of likely N-dealkylation sites (tertiary alicyclic amines) is 1. The number of halogens is 2. The van der Waals surface area contributed by atoms with Gasteiger partial charge in [-0.15, -0.1) is 0 Å². The van der Waals surface area contributed by atoms with Crippen LogP contribution in [-0.4, -0.2) is 23.9 Å². The number of carbonyl (C=O) groups is 1. The number of carbonyl (C=O) groups excluding carboxylic acids is 1. The first kappa shape index (κ1) is 16.0. The van der Waals surface area contributed by atoms with Crippen molar-refractivity contribution in [2.45, 2.75) is 33.1 Å². The van der Waals surface area contributed by atoms with Gasteiger partial charge in [-0.25, -0.2) is 0 Å². The zero-order chi connectivity index (χ0) is 14.7. The van der Waals surface area contributed by atoms with Crippen LogP contribution in [0.3, 0.4) is 0 Å². The molecular formula is C16H21Br2NO. The molecule has 2 rings (SSSR count). The van der Waals surface area contributed by atoms with Gasteiger partial charge in [-0.05, 0) is 49.3 Å². The summed E-state index contributed by atoms with van der Waals surface area (Å²) in [5.74, 6) is 1.61. The molecule has 1 atom stereocenters. The SMILES string of the molecule is CC(C)C1CCCN(C(=O)c2cc(Br)cc(Br)c2)CC1. The van der Waals surface area contributed by atoms with Crippen LogP contribution in [0.15, 0.2) is 27.1 Å². The van der Waals surface area contributed by atoms with Gasteiger partial charge >= 0.3 is 0 Å². The molecule has 0 N–H and O–H groups in total. The van der Waals surface area contributed by atoms with Gasteiger partial charge in [0.1, 0.15) is 0 Å². The quantitative estimate of drug-likeness (QED) is 0.672. The Morgan fingerprint density at radius 3 is 2.40 bits per heavy atom. The summed E-state index contributed by atoms with van der Waals surface area (Å²) in [4.78, 5) is 14.6. The lowest BCUT2D eigenvalue weighted by molar-refractivity contribution is 0.0758. The first-order valence-corrected chi connectivity index (χ1v) is 8.81. The highest BCUT2D eigenvalue weighted by molar-refractivity contribution is 9.11. The van der Waals surface area contributed by atoms with Crippen LogP contribution in [0.2, 0.25) is 0 Å². The molecule has 0 radical (unpaired) electrons. The fraction of sp³-hybridized carbons (Fsp3) is 0.562. The fourth-order valence-electron chi connectivity index (χ4n) is 2.85. The van der Waals surface area contributed by atoms with Crippen molar-refractivity contribution in [3.05, 3.63) is 32.7 Å². The van der Waals surface area contributed by atoms with Gasteiger partial charge in [0.15, 0.2) is 0 Å². The molecule has 1 amide bonds. The van der Waals surface area contributed by atoms with E-state index in [2.05, 4.69) is 45.7 Å². The molecule has 1 aromatic carbocycles. The molecule has 1 aliphatic heterocycles. The first-order valence-electron chi connectivity index (χ1n) is 7.22. The minimum absolute atomic E-state index is 0.149. The lowest BCUT2D eigenvalue weighted by Gasteiger charge is -2.22. The van der Waals surface area contributed by atoms with Crippen LogP contribution < -0.4 is 0 Å². The van der Waals surface area contributed by atoms with Crippen molar-refractivity contribution in [1.82, 2.24) is 4.90 Å². The summed E-state index contributed by atoms with van der Waals surface area (Å²) in [6.07, 6.45) is 3.48. The Labute approximate surface area is 138 Å². The van der Waals surface area contributed by atoms with E-state index in [0.717, 1.165) is 46.4 Å². The molecule has 1 aliphatic rings. The molecule has 1 unspecified atom stereocenters. The number of hydrogen-bond donors (Lipinski definition) is 0. The van der Waals surface area contributed by atoms with E-state index >= 15 is 0 Å². The van der Waals surface area contributed by atoms with E-state index in [9.17, 15) is 4.79 Å².